The summed E-state index contributed by atoms with van der Waals surface area (Å²) in [5, 5.41) is 0.948. The summed E-state index contributed by atoms with van der Waals surface area (Å²) >= 11 is 0. The molecule has 0 spiro atoms. The van der Waals surface area contributed by atoms with Gasteiger partial charge in [0.05, 0.1) is 11.1 Å². The second-order valence-corrected chi connectivity index (χ2v) is 10.6. The van der Waals surface area contributed by atoms with Gasteiger partial charge in [0.1, 0.15) is 0 Å². The molecule has 7 nitrogen and oxygen atoms in total. The fourth-order valence-corrected chi connectivity index (χ4v) is 6.16. The molecule has 198 valence electrons. The lowest BCUT2D eigenvalue weighted by atomic mass is 10.1. The number of carbonyl (C=O) groups excluding carboxylic acids is 2. The van der Waals surface area contributed by atoms with Gasteiger partial charge in [-0.3, -0.25) is 24.5 Å². The second kappa shape index (κ2) is 10.9. The summed E-state index contributed by atoms with van der Waals surface area (Å²) in [6, 6.07) is 22.4. The Labute approximate surface area is 229 Å². The van der Waals surface area contributed by atoms with Crippen molar-refractivity contribution in [3.05, 3.63) is 102 Å². The van der Waals surface area contributed by atoms with Crippen molar-refractivity contribution in [1.29, 1.82) is 0 Å². The highest BCUT2D eigenvalue weighted by Crippen LogP contribution is 2.33. The molecule has 7 heteroatoms. The Kier molecular flexibility index (Phi) is 7.07. The largest absolute Gasteiger partial charge is 0.333 e. The fraction of sp³-hybridized carbons (Fsp3) is 0.312. The number of hydrogen-bond acceptors (Lipinski definition) is 5. The quantitative estimate of drug-likeness (QED) is 0.378. The molecular formula is C32H33N5O2. The van der Waals surface area contributed by atoms with Gasteiger partial charge in [-0.2, -0.15) is 0 Å². The van der Waals surface area contributed by atoms with E-state index >= 15 is 0 Å². The molecule has 2 atom stereocenters. The first kappa shape index (κ1) is 25.2. The summed E-state index contributed by atoms with van der Waals surface area (Å²) < 4.78 is 0. The van der Waals surface area contributed by atoms with Gasteiger partial charge >= 0.3 is 0 Å². The molecule has 0 saturated carbocycles. The number of hydrogen-bond donors (Lipinski definition) is 0. The lowest BCUT2D eigenvalue weighted by molar-refractivity contribution is -0.116. The van der Waals surface area contributed by atoms with Crippen LogP contribution in [0.15, 0.2) is 85.3 Å². The number of nitrogens with zero attached hydrogens (tertiary/aromatic N) is 5. The van der Waals surface area contributed by atoms with Crippen molar-refractivity contribution in [2.45, 2.75) is 51.4 Å². The van der Waals surface area contributed by atoms with Crippen LogP contribution in [0, 0.1) is 0 Å². The van der Waals surface area contributed by atoms with E-state index in [1.807, 2.05) is 76.7 Å². The summed E-state index contributed by atoms with van der Waals surface area (Å²) in [7, 11) is 0. The molecule has 2 aliphatic rings. The normalized spacial score (nSPS) is 19.9. The summed E-state index contributed by atoms with van der Waals surface area (Å²) in [4.78, 5) is 42.3. The number of benzene rings is 2. The number of anilines is 1. The lowest BCUT2D eigenvalue weighted by Gasteiger charge is -2.34. The number of pyridine rings is 2. The van der Waals surface area contributed by atoms with E-state index in [-0.39, 0.29) is 17.9 Å². The highest BCUT2D eigenvalue weighted by atomic mass is 16.2. The van der Waals surface area contributed by atoms with E-state index in [0.29, 0.717) is 31.2 Å². The number of fused-ring (bicyclic) bond motifs is 4. The molecule has 2 amide bonds. The van der Waals surface area contributed by atoms with Gasteiger partial charge in [0, 0.05) is 74.9 Å². The smallest absolute Gasteiger partial charge is 0.255 e. The molecule has 1 fully saturated rings. The predicted octanol–water partition coefficient (Wildman–Crippen LogP) is 5.06. The minimum atomic E-state index is -0.0403. The molecule has 2 aliphatic heterocycles. The van der Waals surface area contributed by atoms with Crippen LogP contribution >= 0.6 is 0 Å². The van der Waals surface area contributed by atoms with Crippen molar-refractivity contribution >= 4 is 28.4 Å². The summed E-state index contributed by atoms with van der Waals surface area (Å²) in [5.41, 5.74) is 4.48. The maximum Gasteiger partial charge on any atom is 0.255 e. The summed E-state index contributed by atoms with van der Waals surface area (Å²) in [5.74, 6) is -0.0203. The number of rotatable bonds is 3. The summed E-state index contributed by atoms with van der Waals surface area (Å²) in [6.07, 6.45) is 8.34. The molecule has 0 aliphatic carbocycles. The monoisotopic (exact) mass is 519 g/mol. The van der Waals surface area contributed by atoms with Gasteiger partial charge in [0.15, 0.2) is 0 Å². The minimum Gasteiger partial charge on any atom is -0.333 e. The Morgan fingerprint density at radius 2 is 1.74 bits per heavy atom. The first-order chi connectivity index (χ1) is 19.1. The van der Waals surface area contributed by atoms with E-state index in [9.17, 15) is 9.59 Å². The minimum absolute atomic E-state index is 0.0201. The molecule has 2 aromatic carbocycles. The van der Waals surface area contributed by atoms with Gasteiger partial charge in [0.25, 0.3) is 5.91 Å². The van der Waals surface area contributed by atoms with Gasteiger partial charge in [-0.05, 0) is 54.7 Å². The third-order valence-electron chi connectivity index (χ3n) is 8.12. The molecule has 2 unspecified atom stereocenters. The van der Waals surface area contributed by atoms with Gasteiger partial charge in [-0.15, -0.1) is 0 Å². The Balaban J connectivity index is 1.40. The van der Waals surface area contributed by atoms with Crippen LogP contribution in [0.5, 0.6) is 0 Å². The molecular weight excluding hydrogens is 486 g/mol. The third kappa shape index (κ3) is 5.27. The van der Waals surface area contributed by atoms with Crippen molar-refractivity contribution in [3.63, 3.8) is 0 Å². The molecule has 39 heavy (non-hydrogen) atoms. The first-order valence-corrected chi connectivity index (χ1v) is 13.7. The molecule has 0 radical (unpaired) electrons. The molecule has 0 N–H and O–H groups in total. The standard InChI is InChI=1S/C32H33N5O2/c1-23(38)36-16-14-28-12-13-29(37(28)20-24-7-6-15-33-18-24)22-35(21-26-9-3-5-11-31(26)36)32(39)27-17-25-8-2-4-10-30(25)34-19-27/h2-11,15,17-19,28-29H,12-14,16,20-22H2,1H3. The van der Waals surface area contributed by atoms with Crippen LogP contribution < -0.4 is 4.90 Å². The van der Waals surface area contributed by atoms with Crippen molar-refractivity contribution in [2.24, 2.45) is 0 Å². The van der Waals surface area contributed by atoms with E-state index in [2.05, 4.69) is 20.9 Å². The van der Waals surface area contributed by atoms with E-state index in [1.165, 1.54) is 0 Å². The van der Waals surface area contributed by atoms with Crippen LogP contribution in [0.4, 0.5) is 5.69 Å². The highest BCUT2D eigenvalue weighted by molar-refractivity contribution is 5.97. The Morgan fingerprint density at radius 3 is 2.59 bits per heavy atom. The van der Waals surface area contributed by atoms with Crippen molar-refractivity contribution in [3.8, 4) is 0 Å². The molecule has 2 bridgehead atoms. The van der Waals surface area contributed by atoms with Gasteiger partial charge in [-0.1, -0.05) is 42.5 Å². The van der Waals surface area contributed by atoms with Crippen LogP contribution in [0.2, 0.25) is 0 Å². The van der Waals surface area contributed by atoms with Gasteiger partial charge in [-0.25, -0.2) is 0 Å². The maximum atomic E-state index is 14.1. The first-order valence-electron chi connectivity index (χ1n) is 13.7. The molecule has 4 heterocycles. The average Bonchev–Trinajstić information content (AvgIpc) is 3.32. The Bertz CT molecular complexity index is 1490. The van der Waals surface area contributed by atoms with E-state index < -0.39 is 0 Å². The summed E-state index contributed by atoms with van der Waals surface area (Å²) in [6.45, 7) is 4.08. The average molecular weight is 520 g/mol. The van der Waals surface area contributed by atoms with E-state index in [0.717, 1.165) is 53.5 Å². The van der Waals surface area contributed by atoms with E-state index in [1.54, 1.807) is 19.3 Å². The van der Waals surface area contributed by atoms with Crippen molar-refractivity contribution < 1.29 is 9.59 Å². The number of amides is 2. The van der Waals surface area contributed by atoms with Crippen LogP contribution in [0.25, 0.3) is 10.9 Å². The zero-order chi connectivity index (χ0) is 26.8. The number of carbonyl (C=O) groups is 2. The van der Waals surface area contributed by atoms with Crippen LogP contribution in [0.1, 0.15) is 47.7 Å². The van der Waals surface area contributed by atoms with Crippen LogP contribution in [-0.2, 0) is 17.9 Å². The van der Waals surface area contributed by atoms with Crippen molar-refractivity contribution in [1.82, 2.24) is 19.8 Å². The topological polar surface area (TPSA) is 69.6 Å². The zero-order valence-corrected chi connectivity index (χ0v) is 22.2. The number of aromatic nitrogens is 2. The van der Waals surface area contributed by atoms with Gasteiger partial charge < -0.3 is 9.80 Å². The molecule has 4 aromatic rings. The van der Waals surface area contributed by atoms with Crippen LogP contribution in [-0.4, -0.2) is 56.8 Å². The molecule has 6 rings (SSSR count). The van der Waals surface area contributed by atoms with Crippen molar-refractivity contribution in [2.75, 3.05) is 18.0 Å². The maximum absolute atomic E-state index is 14.1. The predicted molar refractivity (Wildman–Crippen MR) is 152 cm³/mol. The Hall–Kier alpha value is -4.10. The molecule has 2 aromatic heterocycles. The lowest BCUT2D eigenvalue weighted by Crippen LogP contribution is -2.45. The number of para-hydroxylation sites is 2. The van der Waals surface area contributed by atoms with Gasteiger partial charge in [0.2, 0.25) is 5.91 Å². The highest BCUT2D eigenvalue weighted by Gasteiger charge is 2.37. The third-order valence-corrected chi connectivity index (χ3v) is 8.12. The zero-order valence-electron chi connectivity index (χ0n) is 22.2. The fourth-order valence-electron chi connectivity index (χ4n) is 6.16. The second-order valence-electron chi connectivity index (χ2n) is 10.6. The molecule has 1 saturated heterocycles. The van der Waals surface area contributed by atoms with Crippen LogP contribution in [0.3, 0.4) is 0 Å². The Morgan fingerprint density at radius 1 is 0.923 bits per heavy atom. The van der Waals surface area contributed by atoms with E-state index in [4.69, 9.17) is 0 Å². The SMILES string of the molecule is CC(=O)N1CCC2CCC(CN(C(=O)c3cnc4ccccc4c3)Cc3ccccc31)N2Cc1cccnc1.